The van der Waals surface area contributed by atoms with Crippen molar-refractivity contribution in [1.29, 1.82) is 0 Å². The van der Waals surface area contributed by atoms with Gasteiger partial charge in [0, 0.05) is 17.3 Å². The summed E-state index contributed by atoms with van der Waals surface area (Å²) in [7, 11) is 0. The van der Waals surface area contributed by atoms with Crippen molar-refractivity contribution in [2.45, 2.75) is 13.0 Å². The fraction of sp³-hybridized carbons (Fsp3) is 0.231. The molecule has 1 unspecified atom stereocenters. The van der Waals surface area contributed by atoms with Gasteiger partial charge in [-0.15, -0.1) is 11.3 Å². The standard InChI is InChI=1S/C13H15N3O2S/c1-9(13-15-6-7-19-13)16-10-2-4-11(5-3-10)18-8-12(14)17/h2-7,9,16H,8H2,1H3,(H2,14,17). The van der Waals surface area contributed by atoms with Gasteiger partial charge in [0.2, 0.25) is 0 Å². The van der Waals surface area contributed by atoms with Crippen molar-refractivity contribution >= 4 is 22.9 Å². The van der Waals surface area contributed by atoms with Gasteiger partial charge < -0.3 is 15.8 Å². The Kier molecular flexibility index (Phi) is 4.35. The highest BCUT2D eigenvalue weighted by atomic mass is 32.1. The molecule has 100 valence electrons. The predicted octanol–water partition coefficient (Wildman–Crippen LogP) is 2.18. The number of ether oxygens (including phenoxy) is 1. The first-order valence-corrected chi connectivity index (χ1v) is 6.70. The number of benzene rings is 1. The molecule has 6 heteroatoms. The van der Waals surface area contributed by atoms with Crippen LogP contribution in [0.5, 0.6) is 5.75 Å². The summed E-state index contributed by atoms with van der Waals surface area (Å²) in [6, 6.07) is 7.51. The van der Waals surface area contributed by atoms with Crippen molar-refractivity contribution < 1.29 is 9.53 Å². The van der Waals surface area contributed by atoms with Crippen LogP contribution in [0.15, 0.2) is 35.8 Å². The van der Waals surface area contributed by atoms with E-state index in [0.717, 1.165) is 10.7 Å². The SMILES string of the molecule is CC(Nc1ccc(OCC(N)=O)cc1)c1nccs1. The molecular formula is C13H15N3O2S. The van der Waals surface area contributed by atoms with Crippen molar-refractivity contribution in [1.82, 2.24) is 4.98 Å². The predicted molar refractivity (Wildman–Crippen MR) is 75.3 cm³/mol. The zero-order valence-electron chi connectivity index (χ0n) is 10.5. The monoisotopic (exact) mass is 277 g/mol. The molecule has 0 spiro atoms. The van der Waals surface area contributed by atoms with Gasteiger partial charge >= 0.3 is 0 Å². The molecule has 5 nitrogen and oxygen atoms in total. The zero-order valence-corrected chi connectivity index (χ0v) is 11.3. The average molecular weight is 277 g/mol. The number of aromatic nitrogens is 1. The number of thiazole rings is 1. The zero-order chi connectivity index (χ0) is 13.7. The van der Waals surface area contributed by atoms with Gasteiger partial charge in [-0.1, -0.05) is 0 Å². The van der Waals surface area contributed by atoms with E-state index in [1.165, 1.54) is 0 Å². The molecule has 0 radical (unpaired) electrons. The number of amides is 1. The molecule has 2 aromatic rings. The van der Waals surface area contributed by atoms with Gasteiger partial charge in [-0.3, -0.25) is 4.79 Å². The van der Waals surface area contributed by atoms with Crippen LogP contribution in [-0.2, 0) is 4.79 Å². The lowest BCUT2D eigenvalue weighted by Crippen LogP contribution is -2.19. The molecule has 0 saturated carbocycles. The second kappa shape index (κ2) is 6.19. The minimum absolute atomic E-state index is 0.109. The summed E-state index contributed by atoms with van der Waals surface area (Å²) in [4.78, 5) is 14.9. The average Bonchev–Trinajstić information content (AvgIpc) is 2.92. The number of nitrogens with two attached hydrogens (primary N) is 1. The van der Waals surface area contributed by atoms with E-state index in [0.29, 0.717) is 5.75 Å². The maximum absolute atomic E-state index is 10.6. The Labute approximate surface area is 115 Å². The highest BCUT2D eigenvalue weighted by Crippen LogP contribution is 2.22. The van der Waals surface area contributed by atoms with Crippen molar-refractivity contribution in [3.63, 3.8) is 0 Å². The second-order valence-electron chi connectivity index (χ2n) is 4.02. The van der Waals surface area contributed by atoms with Crippen LogP contribution in [0.2, 0.25) is 0 Å². The molecule has 0 aliphatic heterocycles. The Hall–Kier alpha value is -2.08. The topological polar surface area (TPSA) is 77.2 Å². The molecule has 1 heterocycles. The van der Waals surface area contributed by atoms with Crippen LogP contribution < -0.4 is 15.8 Å². The normalized spacial score (nSPS) is 11.8. The minimum atomic E-state index is -0.486. The maximum Gasteiger partial charge on any atom is 0.255 e. The summed E-state index contributed by atoms with van der Waals surface area (Å²) in [6.07, 6.45) is 1.79. The summed E-state index contributed by atoms with van der Waals surface area (Å²) in [5.41, 5.74) is 5.98. The quantitative estimate of drug-likeness (QED) is 0.848. The van der Waals surface area contributed by atoms with E-state index in [-0.39, 0.29) is 12.6 Å². The molecule has 1 aromatic carbocycles. The highest BCUT2D eigenvalue weighted by molar-refractivity contribution is 7.09. The first kappa shape index (κ1) is 13.4. The largest absolute Gasteiger partial charge is 0.484 e. The van der Waals surface area contributed by atoms with Crippen LogP contribution in [0, 0.1) is 0 Å². The Morgan fingerprint density at radius 2 is 2.21 bits per heavy atom. The maximum atomic E-state index is 10.6. The van der Waals surface area contributed by atoms with Crippen LogP contribution in [-0.4, -0.2) is 17.5 Å². The molecule has 0 fully saturated rings. The number of rotatable bonds is 6. The molecule has 19 heavy (non-hydrogen) atoms. The minimum Gasteiger partial charge on any atom is -0.484 e. The van der Waals surface area contributed by atoms with Gasteiger partial charge in [-0.2, -0.15) is 0 Å². The van der Waals surface area contributed by atoms with E-state index in [4.69, 9.17) is 10.5 Å². The Morgan fingerprint density at radius 1 is 1.47 bits per heavy atom. The third-order valence-electron chi connectivity index (χ3n) is 2.44. The number of hydrogen-bond acceptors (Lipinski definition) is 5. The molecule has 0 bridgehead atoms. The fourth-order valence-electron chi connectivity index (χ4n) is 1.56. The lowest BCUT2D eigenvalue weighted by molar-refractivity contribution is -0.119. The summed E-state index contributed by atoms with van der Waals surface area (Å²) in [6.45, 7) is 1.94. The number of carbonyl (C=O) groups is 1. The van der Waals surface area contributed by atoms with Crippen molar-refractivity contribution in [2.75, 3.05) is 11.9 Å². The number of nitrogens with zero attached hydrogens (tertiary/aromatic N) is 1. The molecule has 1 atom stereocenters. The molecule has 2 rings (SSSR count). The van der Waals surface area contributed by atoms with E-state index in [2.05, 4.69) is 17.2 Å². The first-order chi connectivity index (χ1) is 9.15. The van der Waals surface area contributed by atoms with Crippen LogP contribution >= 0.6 is 11.3 Å². The third kappa shape index (κ3) is 3.96. The van der Waals surface area contributed by atoms with Crippen LogP contribution in [0.4, 0.5) is 5.69 Å². The summed E-state index contributed by atoms with van der Waals surface area (Å²) < 4.78 is 5.19. The van der Waals surface area contributed by atoms with Crippen LogP contribution in [0.25, 0.3) is 0 Å². The van der Waals surface area contributed by atoms with Crippen molar-refractivity contribution in [3.05, 3.63) is 40.8 Å². The highest BCUT2D eigenvalue weighted by Gasteiger charge is 2.07. The second-order valence-corrected chi connectivity index (χ2v) is 4.94. The van der Waals surface area contributed by atoms with Crippen LogP contribution in [0.1, 0.15) is 18.0 Å². The van der Waals surface area contributed by atoms with Crippen molar-refractivity contribution in [3.8, 4) is 5.75 Å². The van der Waals surface area contributed by atoms with Gasteiger partial charge in [0.25, 0.3) is 5.91 Å². The molecule has 1 amide bonds. The van der Waals surface area contributed by atoms with E-state index in [9.17, 15) is 4.79 Å². The van der Waals surface area contributed by atoms with Crippen molar-refractivity contribution in [2.24, 2.45) is 5.73 Å². The number of hydrogen-bond donors (Lipinski definition) is 2. The summed E-state index contributed by atoms with van der Waals surface area (Å²) in [5, 5.41) is 6.33. The van der Waals surface area contributed by atoms with Gasteiger partial charge in [-0.05, 0) is 31.2 Å². The molecule has 3 N–H and O–H groups in total. The summed E-state index contributed by atoms with van der Waals surface area (Å²) >= 11 is 1.62. The van der Waals surface area contributed by atoms with E-state index >= 15 is 0 Å². The lowest BCUT2D eigenvalue weighted by atomic mass is 10.2. The molecule has 0 aliphatic rings. The van der Waals surface area contributed by atoms with Gasteiger partial charge in [0.1, 0.15) is 10.8 Å². The number of anilines is 1. The molecular weight excluding hydrogens is 262 g/mol. The number of primary amides is 1. The first-order valence-electron chi connectivity index (χ1n) is 5.82. The van der Waals surface area contributed by atoms with Gasteiger partial charge in [0.15, 0.2) is 6.61 Å². The fourth-order valence-corrected chi connectivity index (χ4v) is 2.21. The molecule has 1 aromatic heterocycles. The Morgan fingerprint density at radius 3 is 2.79 bits per heavy atom. The van der Waals surface area contributed by atoms with Gasteiger partial charge in [0.05, 0.1) is 6.04 Å². The smallest absolute Gasteiger partial charge is 0.255 e. The lowest BCUT2D eigenvalue weighted by Gasteiger charge is -2.13. The summed E-state index contributed by atoms with van der Waals surface area (Å²) in [5.74, 6) is 0.130. The van der Waals surface area contributed by atoms with Gasteiger partial charge in [-0.25, -0.2) is 4.98 Å². The van der Waals surface area contributed by atoms with E-state index < -0.39 is 5.91 Å². The number of nitrogens with one attached hydrogen (secondary N) is 1. The van der Waals surface area contributed by atoms with E-state index in [1.54, 1.807) is 29.7 Å². The van der Waals surface area contributed by atoms with Crippen LogP contribution in [0.3, 0.4) is 0 Å². The Bertz CT molecular complexity index is 525. The number of carbonyl (C=O) groups excluding carboxylic acids is 1. The Balaban J connectivity index is 1.93. The molecule has 0 aliphatic carbocycles. The third-order valence-corrected chi connectivity index (χ3v) is 3.40. The van der Waals surface area contributed by atoms with E-state index in [1.807, 2.05) is 17.5 Å². The molecule has 0 saturated heterocycles.